The number of anilines is 1. The number of urea groups is 1. The van der Waals surface area contributed by atoms with Crippen molar-refractivity contribution in [2.75, 3.05) is 12.4 Å². The number of nitrogens with one attached hydrogen (secondary N) is 3. The van der Waals surface area contributed by atoms with Gasteiger partial charge in [-0.15, -0.1) is 0 Å². The molecule has 1 aliphatic heterocycles. The summed E-state index contributed by atoms with van der Waals surface area (Å²) in [5.74, 6) is 0.373. The Labute approximate surface area is 156 Å². The average Bonchev–Trinajstić information content (AvgIpc) is 2.61. The minimum absolute atomic E-state index is 0.321. The molecule has 3 N–H and O–H groups in total. The quantitative estimate of drug-likeness (QED) is 0.768. The van der Waals surface area contributed by atoms with Crippen LogP contribution in [-0.4, -0.2) is 19.0 Å². The second-order valence-electron chi connectivity index (χ2n) is 5.81. The predicted molar refractivity (Wildman–Crippen MR) is 100 cm³/mol. The van der Waals surface area contributed by atoms with Gasteiger partial charge in [-0.3, -0.25) is 4.79 Å². The lowest BCUT2D eigenvalue weighted by Gasteiger charge is -2.28. The van der Waals surface area contributed by atoms with Crippen molar-refractivity contribution in [3.63, 3.8) is 0 Å². The zero-order chi connectivity index (χ0) is 18.7. The topological polar surface area (TPSA) is 79.5 Å². The van der Waals surface area contributed by atoms with Gasteiger partial charge < -0.3 is 20.7 Å². The molecule has 3 rings (SSSR count). The van der Waals surface area contributed by atoms with Crippen molar-refractivity contribution in [3.05, 3.63) is 70.4 Å². The molecule has 0 bridgehead atoms. The maximum atomic E-state index is 12.9. The molecule has 134 valence electrons. The van der Waals surface area contributed by atoms with Crippen LogP contribution in [0, 0.1) is 0 Å². The van der Waals surface area contributed by atoms with E-state index in [1.165, 1.54) is 0 Å². The Morgan fingerprint density at radius 2 is 1.92 bits per heavy atom. The van der Waals surface area contributed by atoms with Crippen LogP contribution in [-0.2, 0) is 4.79 Å². The molecule has 2 aromatic carbocycles. The Balaban J connectivity index is 1.93. The van der Waals surface area contributed by atoms with E-state index in [9.17, 15) is 9.59 Å². The van der Waals surface area contributed by atoms with E-state index in [-0.39, 0.29) is 11.9 Å². The van der Waals surface area contributed by atoms with Crippen LogP contribution < -0.4 is 20.7 Å². The highest BCUT2D eigenvalue weighted by Crippen LogP contribution is 2.29. The van der Waals surface area contributed by atoms with Gasteiger partial charge >= 0.3 is 6.03 Å². The van der Waals surface area contributed by atoms with E-state index in [4.69, 9.17) is 16.3 Å². The summed E-state index contributed by atoms with van der Waals surface area (Å²) in [6.07, 6.45) is 0. The molecule has 0 saturated carbocycles. The molecule has 0 aromatic heterocycles. The molecule has 0 unspecified atom stereocenters. The third kappa shape index (κ3) is 3.81. The molecular weight excluding hydrogens is 354 g/mol. The molecular formula is C19H18ClN3O3. The minimum Gasteiger partial charge on any atom is -0.497 e. The molecule has 6 nitrogen and oxygen atoms in total. The molecule has 1 heterocycles. The predicted octanol–water partition coefficient (Wildman–Crippen LogP) is 3.62. The van der Waals surface area contributed by atoms with Gasteiger partial charge in [-0.25, -0.2) is 4.79 Å². The third-order valence-electron chi connectivity index (χ3n) is 4.05. The highest BCUT2D eigenvalue weighted by molar-refractivity contribution is 6.31. The SMILES string of the molecule is COc1ccc([C@@H]2NC(=O)NC(C)=C2C(=O)Nc2cccc(Cl)c2)cc1. The van der Waals surface area contributed by atoms with Gasteiger partial charge in [-0.1, -0.05) is 29.8 Å². The van der Waals surface area contributed by atoms with Crippen molar-refractivity contribution >= 4 is 29.2 Å². The second-order valence-corrected chi connectivity index (χ2v) is 6.24. The number of halogens is 1. The van der Waals surface area contributed by atoms with Gasteiger partial charge in [0.25, 0.3) is 5.91 Å². The minimum atomic E-state index is -0.575. The number of hydrogen-bond acceptors (Lipinski definition) is 3. The molecule has 1 aliphatic rings. The second kappa shape index (κ2) is 7.49. The van der Waals surface area contributed by atoms with Gasteiger partial charge in [0, 0.05) is 16.4 Å². The molecule has 26 heavy (non-hydrogen) atoms. The molecule has 0 spiro atoms. The first-order valence-corrected chi connectivity index (χ1v) is 8.35. The first-order chi connectivity index (χ1) is 12.5. The van der Waals surface area contributed by atoms with Crippen LogP contribution in [0.25, 0.3) is 0 Å². The van der Waals surface area contributed by atoms with Crippen LogP contribution in [0.5, 0.6) is 5.75 Å². The summed E-state index contributed by atoms with van der Waals surface area (Å²) < 4.78 is 5.16. The van der Waals surface area contributed by atoms with Gasteiger partial charge in [-0.2, -0.15) is 0 Å². The summed E-state index contributed by atoms with van der Waals surface area (Å²) in [6, 6.07) is 13.1. The molecule has 0 aliphatic carbocycles. The first-order valence-electron chi connectivity index (χ1n) is 7.97. The Morgan fingerprint density at radius 3 is 2.58 bits per heavy atom. The number of rotatable bonds is 4. The van der Waals surface area contributed by atoms with E-state index >= 15 is 0 Å². The van der Waals surface area contributed by atoms with E-state index in [0.717, 1.165) is 5.56 Å². The van der Waals surface area contributed by atoms with Crippen molar-refractivity contribution in [1.82, 2.24) is 10.6 Å². The summed E-state index contributed by atoms with van der Waals surface area (Å²) in [6.45, 7) is 1.70. The van der Waals surface area contributed by atoms with Gasteiger partial charge in [-0.05, 0) is 42.8 Å². The third-order valence-corrected chi connectivity index (χ3v) is 4.28. The summed E-state index contributed by atoms with van der Waals surface area (Å²) in [5, 5.41) is 8.79. The highest BCUT2D eigenvalue weighted by Gasteiger charge is 2.31. The van der Waals surface area contributed by atoms with E-state index < -0.39 is 6.04 Å². The monoisotopic (exact) mass is 371 g/mol. The van der Waals surface area contributed by atoms with Crippen LogP contribution in [0.1, 0.15) is 18.5 Å². The number of allylic oxidation sites excluding steroid dienone is 1. The molecule has 0 radical (unpaired) electrons. The lowest BCUT2D eigenvalue weighted by atomic mass is 9.94. The smallest absolute Gasteiger partial charge is 0.319 e. The maximum Gasteiger partial charge on any atom is 0.319 e. The summed E-state index contributed by atoms with van der Waals surface area (Å²) >= 11 is 5.97. The summed E-state index contributed by atoms with van der Waals surface area (Å²) in [4.78, 5) is 24.8. The Kier molecular flexibility index (Phi) is 5.14. The van der Waals surface area contributed by atoms with Crippen molar-refractivity contribution < 1.29 is 14.3 Å². The Hall–Kier alpha value is -2.99. The van der Waals surface area contributed by atoms with Crippen LogP contribution in [0.4, 0.5) is 10.5 Å². The Morgan fingerprint density at radius 1 is 1.19 bits per heavy atom. The summed E-state index contributed by atoms with van der Waals surface area (Å²) in [7, 11) is 1.58. The highest BCUT2D eigenvalue weighted by atomic mass is 35.5. The molecule has 1 atom stereocenters. The van der Waals surface area contributed by atoms with Crippen LogP contribution in [0.2, 0.25) is 5.02 Å². The number of amides is 3. The average molecular weight is 372 g/mol. The van der Waals surface area contributed by atoms with Crippen LogP contribution in [0.3, 0.4) is 0 Å². The van der Waals surface area contributed by atoms with Crippen molar-refractivity contribution in [1.29, 1.82) is 0 Å². The number of benzene rings is 2. The van der Waals surface area contributed by atoms with Gasteiger partial charge in [0.1, 0.15) is 5.75 Å². The van der Waals surface area contributed by atoms with Crippen LogP contribution in [0.15, 0.2) is 59.8 Å². The van der Waals surface area contributed by atoms with E-state index in [2.05, 4.69) is 16.0 Å². The molecule has 7 heteroatoms. The van der Waals surface area contributed by atoms with Gasteiger partial charge in [0.2, 0.25) is 0 Å². The fourth-order valence-corrected chi connectivity index (χ4v) is 3.00. The lowest BCUT2D eigenvalue weighted by Crippen LogP contribution is -2.45. The molecule has 2 aromatic rings. The zero-order valence-corrected chi connectivity index (χ0v) is 15.1. The number of ether oxygens (including phenoxy) is 1. The number of methoxy groups -OCH3 is 1. The van der Waals surface area contributed by atoms with Crippen molar-refractivity contribution in [2.24, 2.45) is 0 Å². The fourth-order valence-electron chi connectivity index (χ4n) is 2.81. The lowest BCUT2D eigenvalue weighted by molar-refractivity contribution is -0.113. The normalized spacial score (nSPS) is 16.6. The van der Waals surface area contributed by atoms with Crippen molar-refractivity contribution in [3.8, 4) is 5.75 Å². The number of hydrogen-bond donors (Lipinski definition) is 3. The molecule has 3 amide bonds. The van der Waals surface area contributed by atoms with E-state index in [1.807, 2.05) is 12.1 Å². The van der Waals surface area contributed by atoms with E-state index in [1.54, 1.807) is 50.4 Å². The van der Waals surface area contributed by atoms with Gasteiger partial charge in [0.05, 0.1) is 18.7 Å². The Bertz CT molecular complexity index is 878. The molecule has 0 saturated heterocycles. The zero-order valence-electron chi connectivity index (χ0n) is 14.3. The number of carbonyl (C=O) groups excluding carboxylic acids is 2. The molecule has 0 fully saturated rings. The standard InChI is InChI=1S/C19H18ClN3O3/c1-11-16(18(24)22-14-5-3-4-13(20)10-14)17(23-19(25)21-11)12-6-8-15(26-2)9-7-12/h3-10,17H,1-2H3,(H,22,24)(H2,21,23,25)/t17-/m0/s1. The first kappa shape index (κ1) is 17.8. The maximum absolute atomic E-state index is 12.9. The summed E-state index contributed by atoms with van der Waals surface area (Å²) in [5.41, 5.74) is 2.27. The van der Waals surface area contributed by atoms with Crippen molar-refractivity contribution in [2.45, 2.75) is 13.0 Å². The largest absolute Gasteiger partial charge is 0.497 e. The van der Waals surface area contributed by atoms with Crippen LogP contribution >= 0.6 is 11.6 Å². The van der Waals surface area contributed by atoms with E-state index in [0.29, 0.717) is 27.7 Å². The number of carbonyl (C=O) groups is 2. The van der Waals surface area contributed by atoms with Gasteiger partial charge in [0.15, 0.2) is 0 Å². The fraction of sp³-hybridized carbons (Fsp3) is 0.158.